The van der Waals surface area contributed by atoms with E-state index in [2.05, 4.69) is 5.32 Å². The van der Waals surface area contributed by atoms with Crippen molar-refractivity contribution < 1.29 is 33.6 Å². The van der Waals surface area contributed by atoms with Gasteiger partial charge in [-0.25, -0.2) is 4.79 Å². The summed E-state index contributed by atoms with van der Waals surface area (Å²) in [6.45, 7) is 1.55. The van der Waals surface area contributed by atoms with Crippen LogP contribution in [-0.2, 0) is 32.1 Å². The lowest BCUT2D eigenvalue weighted by Crippen LogP contribution is -2.58. The van der Waals surface area contributed by atoms with Gasteiger partial charge in [-0.15, -0.1) is 0 Å². The Kier molecular flexibility index (Phi) is 8.63. The first-order chi connectivity index (χ1) is 17.9. The van der Waals surface area contributed by atoms with Gasteiger partial charge in [-0.3, -0.25) is 4.79 Å². The van der Waals surface area contributed by atoms with Gasteiger partial charge in [-0.2, -0.15) is 0 Å². The molecule has 1 saturated carbocycles. The van der Waals surface area contributed by atoms with E-state index in [9.17, 15) is 14.7 Å². The van der Waals surface area contributed by atoms with Gasteiger partial charge < -0.3 is 29.4 Å². The third kappa shape index (κ3) is 6.58. The first kappa shape index (κ1) is 26.4. The molecule has 4 rings (SSSR count). The van der Waals surface area contributed by atoms with E-state index in [0.29, 0.717) is 49.7 Å². The molecular formula is C29H33NO7. The highest BCUT2D eigenvalue weighted by Crippen LogP contribution is 2.41. The van der Waals surface area contributed by atoms with Gasteiger partial charge in [0.05, 0.1) is 26.4 Å². The van der Waals surface area contributed by atoms with Gasteiger partial charge in [0.15, 0.2) is 17.3 Å². The Morgan fingerprint density at radius 2 is 1.89 bits per heavy atom. The predicted molar refractivity (Wildman–Crippen MR) is 139 cm³/mol. The second kappa shape index (κ2) is 12.1. The van der Waals surface area contributed by atoms with E-state index in [4.69, 9.17) is 18.9 Å². The molecule has 0 atom stereocenters. The lowest BCUT2D eigenvalue weighted by atomic mass is 9.69. The fourth-order valence-corrected chi connectivity index (χ4v) is 4.74. The summed E-state index contributed by atoms with van der Waals surface area (Å²) in [4.78, 5) is 24.5. The van der Waals surface area contributed by atoms with Gasteiger partial charge in [0.2, 0.25) is 0 Å². The predicted octanol–water partition coefficient (Wildman–Crippen LogP) is 3.93. The van der Waals surface area contributed by atoms with Gasteiger partial charge in [0.1, 0.15) is 5.57 Å². The molecule has 2 aromatic rings. The van der Waals surface area contributed by atoms with Crippen molar-refractivity contribution >= 4 is 17.8 Å². The summed E-state index contributed by atoms with van der Waals surface area (Å²) in [6, 6.07) is 13.6. The molecule has 1 aliphatic heterocycles. The summed E-state index contributed by atoms with van der Waals surface area (Å²) >= 11 is 0. The molecule has 8 nitrogen and oxygen atoms in total. The second-order valence-corrected chi connectivity index (χ2v) is 9.39. The number of hydrogen-bond acceptors (Lipinski definition) is 7. The standard InChI is InChI=1S/C29H33NO7/c1-34-11-6-12-36-27-15-22-16-29(17-23(18-29)37-19-20-7-4-3-5-8-20)30-10-9-25(31)24(28(32)33)13-21(22)14-26(27)35-2/h3-5,7-10,13-15,23,30H,6,11-12,16-19H2,1-2H3,(H,32,33)/b10-9-,24-13+. The van der Waals surface area contributed by atoms with Crippen molar-refractivity contribution in [1.82, 2.24) is 5.32 Å². The molecule has 1 spiro atoms. The molecule has 0 aromatic heterocycles. The molecule has 37 heavy (non-hydrogen) atoms. The summed E-state index contributed by atoms with van der Waals surface area (Å²) in [5, 5.41) is 13.1. The van der Waals surface area contributed by atoms with Crippen molar-refractivity contribution in [2.45, 2.75) is 43.9 Å². The highest BCUT2D eigenvalue weighted by atomic mass is 16.5. The smallest absolute Gasteiger partial charge is 0.339 e. The number of ketones is 1. The Balaban J connectivity index is 1.61. The van der Waals surface area contributed by atoms with Crippen LogP contribution in [0.5, 0.6) is 11.5 Å². The largest absolute Gasteiger partial charge is 0.493 e. The third-order valence-corrected chi connectivity index (χ3v) is 6.69. The van der Waals surface area contributed by atoms with E-state index in [1.54, 1.807) is 19.4 Å². The number of hydrogen-bond donors (Lipinski definition) is 2. The number of nitrogens with one attached hydrogen (secondary N) is 1. The van der Waals surface area contributed by atoms with Crippen LogP contribution in [0.1, 0.15) is 36.0 Å². The van der Waals surface area contributed by atoms with Crippen molar-refractivity contribution in [3.8, 4) is 11.5 Å². The fraction of sp³-hybridized carbons (Fsp3) is 0.379. The lowest BCUT2D eigenvalue weighted by Gasteiger charge is -2.48. The van der Waals surface area contributed by atoms with Crippen LogP contribution < -0.4 is 14.8 Å². The van der Waals surface area contributed by atoms with Crippen LogP contribution >= 0.6 is 0 Å². The van der Waals surface area contributed by atoms with Crippen molar-refractivity contribution in [3.63, 3.8) is 0 Å². The van der Waals surface area contributed by atoms with Gasteiger partial charge >= 0.3 is 5.97 Å². The van der Waals surface area contributed by atoms with E-state index in [0.717, 1.165) is 24.0 Å². The minimum Gasteiger partial charge on any atom is -0.493 e. The molecule has 0 amide bonds. The number of rotatable bonds is 10. The number of benzene rings is 2. The first-order valence-electron chi connectivity index (χ1n) is 12.3. The molecule has 2 N–H and O–H groups in total. The molecule has 0 unspecified atom stereocenters. The number of aliphatic carboxylic acids is 1. The highest BCUT2D eigenvalue weighted by Gasteiger charge is 2.45. The lowest BCUT2D eigenvalue weighted by molar-refractivity contribution is -0.133. The number of carbonyl (C=O) groups excluding carboxylic acids is 1. The van der Waals surface area contributed by atoms with Gasteiger partial charge in [0.25, 0.3) is 0 Å². The van der Waals surface area contributed by atoms with Gasteiger partial charge in [0, 0.05) is 38.0 Å². The van der Waals surface area contributed by atoms with E-state index in [1.165, 1.54) is 19.3 Å². The summed E-state index contributed by atoms with van der Waals surface area (Å²) < 4.78 is 22.8. The Morgan fingerprint density at radius 3 is 2.59 bits per heavy atom. The van der Waals surface area contributed by atoms with Crippen LogP contribution in [0.2, 0.25) is 0 Å². The number of allylic oxidation sites excluding steroid dienone is 1. The monoisotopic (exact) mass is 507 g/mol. The van der Waals surface area contributed by atoms with Crippen molar-refractivity contribution in [2.75, 3.05) is 27.4 Å². The average Bonchev–Trinajstić information content (AvgIpc) is 2.87. The van der Waals surface area contributed by atoms with E-state index >= 15 is 0 Å². The molecule has 2 aromatic carbocycles. The van der Waals surface area contributed by atoms with Crippen LogP contribution in [0, 0.1) is 0 Å². The second-order valence-electron chi connectivity index (χ2n) is 9.39. The van der Waals surface area contributed by atoms with Crippen LogP contribution in [-0.4, -0.2) is 55.9 Å². The molecule has 0 bridgehead atoms. The molecule has 2 aliphatic rings. The molecule has 1 aliphatic carbocycles. The van der Waals surface area contributed by atoms with Crippen molar-refractivity contribution in [3.05, 3.63) is 77.0 Å². The maximum atomic E-state index is 12.7. The highest BCUT2D eigenvalue weighted by molar-refractivity contribution is 6.24. The third-order valence-electron chi connectivity index (χ3n) is 6.69. The molecule has 0 saturated heterocycles. The van der Waals surface area contributed by atoms with Crippen molar-refractivity contribution in [1.29, 1.82) is 0 Å². The van der Waals surface area contributed by atoms with Crippen LogP contribution in [0.4, 0.5) is 0 Å². The normalized spacial score (nSPS) is 23.1. The molecule has 196 valence electrons. The number of fused-ring (bicyclic) bond motifs is 1. The zero-order valence-corrected chi connectivity index (χ0v) is 21.2. The van der Waals surface area contributed by atoms with E-state index in [-0.39, 0.29) is 17.2 Å². The number of ether oxygens (including phenoxy) is 4. The number of carboxylic acid groups (broad SMARTS) is 1. The Morgan fingerprint density at radius 1 is 1.11 bits per heavy atom. The number of carbonyl (C=O) groups is 2. The van der Waals surface area contributed by atoms with Crippen LogP contribution in [0.15, 0.2) is 60.3 Å². The zero-order chi connectivity index (χ0) is 26.3. The summed E-state index contributed by atoms with van der Waals surface area (Å²) in [5.41, 5.74) is 1.93. The summed E-state index contributed by atoms with van der Waals surface area (Å²) in [5.74, 6) is -0.837. The fourth-order valence-electron chi connectivity index (χ4n) is 4.74. The topological polar surface area (TPSA) is 103 Å². The van der Waals surface area contributed by atoms with Crippen LogP contribution in [0.3, 0.4) is 0 Å². The molecular weight excluding hydrogens is 474 g/mol. The maximum absolute atomic E-state index is 12.7. The zero-order valence-electron chi connectivity index (χ0n) is 21.2. The number of methoxy groups -OCH3 is 2. The molecule has 0 radical (unpaired) electrons. The molecule has 1 heterocycles. The first-order valence-corrected chi connectivity index (χ1v) is 12.3. The Labute approximate surface area is 216 Å². The minimum absolute atomic E-state index is 0.0660. The number of carboxylic acids is 1. The maximum Gasteiger partial charge on any atom is 0.339 e. The van der Waals surface area contributed by atoms with E-state index in [1.807, 2.05) is 36.4 Å². The summed E-state index contributed by atoms with van der Waals surface area (Å²) in [7, 11) is 3.17. The quantitative estimate of drug-likeness (QED) is 0.368. The average molecular weight is 508 g/mol. The Bertz CT molecular complexity index is 1170. The Hall–Kier alpha value is -3.62. The van der Waals surface area contributed by atoms with Gasteiger partial charge in [-0.05, 0) is 54.2 Å². The summed E-state index contributed by atoms with van der Waals surface area (Å²) in [6.07, 6.45) is 7.10. The SMILES string of the molecule is COCCCOc1cc2c(cc1OC)/C=C(/C(=O)O)C(=O)/C=C\NC1(C2)CC(OCc2ccccc2)C1. The minimum atomic E-state index is -1.28. The van der Waals surface area contributed by atoms with Crippen LogP contribution in [0.25, 0.3) is 6.08 Å². The molecule has 1 fully saturated rings. The van der Waals surface area contributed by atoms with Crippen molar-refractivity contribution in [2.24, 2.45) is 0 Å². The van der Waals surface area contributed by atoms with E-state index < -0.39 is 11.8 Å². The molecule has 8 heteroatoms. The van der Waals surface area contributed by atoms with Gasteiger partial charge in [-0.1, -0.05) is 30.3 Å².